The van der Waals surface area contributed by atoms with Crippen LogP contribution in [0.4, 0.5) is 5.88 Å². The van der Waals surface area contributed by atoms with Crippen molar-refractivity contribution in [3.8, 4) is 6.07 Å². The number of oxazole rings is 1. The summed E-state index contributed by atoms with van der Waals surface area (Å²) in [5, 5.41) is 17.5. The fraction of sp³-hybridized carbons (Fsp3) is 0.0769. The van der Waals surface area contributed by atoms with E-state index in [1.54, 1.807) is 0 Å². The van der Waals surface area contributed by atoms with Crippen molar-refractivity contribution >= 4 is 27.4 Å². The van der Waals surface area contributed by atoms with Gasteiger partial charge in [0, 0.05) is 6.54 Å². The zero-order chi connectivity index (χ0) is 20.3. The van der Waals surface area contributed by atoms with E-state index in [4.69, 9.17) is 4.42 Å². The highest BCUT2D eigenvalue weighted by Crippen LogP contribution is 2.25. The molecule has 0 saturated heterocycles. The van der Waals surface area contributed by atoms with Crippen molar-refractivity contribution in [2.45, 2.75) is 13.0 Å². The molecule has 5 rings (SSSR count). The van der Waals surface area contributed by atoms with E-state index in [1.807, 2.05) is 36.4 Å². The summed E-state index contributed by atoms with van der Waals surface area (Å²) in [4.78, 5) is 4.42. The Kier molecular flexibility index (Phi) is 4.63. The van der Waals surface area contributed by atoms with Crippen LogP contribution in [-0.4, -0.2) is 4.98 Å². The van der Waals surface area contributed by atoms with Crippen LogP contribution in [0.25, 0.3) is 21.5 Å². The van der Waals surface area contributed by atoms with E-state index >= 15 is 0 Å². The molecule has 0 aliphatic heterocycles. The Labute approximate surface area is 174 Å². The summed E-state index contributed by atoms with van der Waals surface area (Å²) in [6.07, 6.45) is 0.534. The number of hydrogen-bond acceptors (Lipinski definition) is 4. The molecule has 0 bridgehead atoms. The third kappa shape index (κ3) is 3.38. The molecule has 0 aliphatic carbocycles. The average Bonchev–Trinajstić information content (AvgIpc) is 3.19. The largest absolute Gasteiger partial charge is 0.423 e. The first kappa shape index (κ1) is 18.0. The van der Waals surface area contributed by atoms with Gasteiger partial charge in [-0.2, -0.15) is 5.26 Å². The molecule has 0 spiro atoms. The predicted molar refractivity (Wildman–Crippen MR) is 119 cm³/mol. The van der Waals surface area contributed by atoms with Gasteiger partial charge in [-0.3, -0.25) is 0 Å². The third-order valence-corrected chi connectivity index (χ3v) is 5.32. The van der Waals surface area contributed by atoms with Gasteiger partial charge in [-0.1, -0.05) is 84.9 Å². The van der Waals surface area contributed by atoms with Crippen molar-refractivity contribution in [2.75, 3.05) is 5.32 Å². The standard InChI is InChI=1S/C26H19N3O/c27-16-24-26(28-17-21-12-6-10-19-8-2-4-14-23(19)21)30-25(29-24)15-20-11-5-9-18-7-1-3-13-22(18)20/h1-14,28H,15,17H2. The molecule has 0 amide bonds. The zero-order valence-electron chi connectivity index (χ0n) is 16.3. The van der Waals surface area contributed by atoms with Gasteiger partial charge in [0.05, 0.1) is 6.42 Å². The van der Waals surface area contributed by atoms with Crippen LogP contribution in [0.15, 0.2) is 89.3 Å². The van der Waals surface area contributed by atoms with Crippen LogP contribution in [-0.2, 0) is 13.0 Å². The molecule has 1 N–H and O–H groups in total. The molecule has 5 aromatic rings. The minimum absolute atomic E-state index is 0.283. The molecule has 0 aliphatic rings. The minimum atomic E-state index is 0.283. The molecule has 1 aromatic heterocycles. The predicted octanol–water partition coefficient (Wildman–Crippen LogP) is 6.06. The number of benzene rings is 4. The fourth-order valence-corrected chi connectivity index (χ4v) is 3.87. The summed E-state index contributed by atoms with van der Waals surface area (Å²) in [6.45, 7) is 0.554. The number of hydrogen-bond donors (Lipinski definition) is 1. The number of nitrogens with zero attached hydrogens (tertiary/aromatic N) is 2. The van der Waals surface area contributed by atoms with Crippen molar-refractivity contribution in [3.63, 3.8) is 0 Å². The summed E-state index contributed by atoms with van der Waals surface area (Å²) >= 11 is 0. The first-order valence-corrected chi connectivity index (χ1v) is 9.89. The maximum atomic E-state index is 9.53. The summed E-state index contributed by atoms with van der Waals surface area (Å²) in [6, 6.07) is 31.0. The molecule has 0 radical (unpaired) electrons. The quantitative estimate of drug-likeness (QED) is 0.397. The maximum absolute atomic E-state index is 9.53. The van der Waals surface area contributed by atoms with E-state index < -0.39 is 0 Å². The van der Waals surface area contributed by atoms with Crippen LogP contribution in [0.5, 0.6) is 0 Å². The molecular formula is C26H19N3O. The zero-order valence-corrected chi connectivity index (χ0v) is 16.3. The second-order valence-corrected chi connectivity index (χ2v) is 7.20. The number of rotatable bonds is 5. The number of anilines is 1. The highest BCUT2D eigenvalue weighted by molar-refractivity contribution is 5.86. The third-order valence-electron chi connectivity index (χ3n) is 5.32. The van der Waals surface area contributed by atoms with Gasteiger partial charge in [0.25, 0.3) is 0 Å². The molecule has 30 heavy (non-hydrogen) atoms. The van der Waals surface area contributed by atoms with Crippen LogP contribution < -0.4 is 5.32 Å². The van der Waals surface area contributed by atoms with E-state index in [1.165, 1.54) is 21.5 Å². The van der Waals surface area contributed by atoms with E-state index in [0.29, 0.717) is 24.7 Å². The van der Waals surface area contributed by atoms with Gasteiger partial charge >= 0.3 is 0 Å². The Hall–Kier alpha value is -4.10. The van der Waals surface area contributed by atoms with Crippen LogP contribution in [0.3, 0.4) is 0 Å². The van der Waals surface area contributed by atoms with Gasteiger partial charge in [-0.25, -0.2) is 4.98 Å². The lowest BCUT2D eigenvalue weighted by Gasteiger charge is -2.07. The van der Waals surface area contributed by atoms with Crippen molar-refractivity contribution in [3.05, 3.63) is 108 Å². The molecule has 144 valence electrons. The Morgan fingerprint density at radius 2 is 1.37 bits per heavy atom. The lowest BCUT2D eigenvalue weighted by Crippen LogP contribution is -2.00. The Bertz CT molecular complexity index is 1380. The molecule has 0 fully saturated rings. The van der Waals surface area contributed by atoms with Crippen LogP contribution >= 0.6 is 0 Å². The normalized spacial score (nSPS) is 10.9. The number of aromatic nitrogens is 1. The smallest absolute Gasteiger partial charge is 0.232 e. The van der Waals surface area contributed by atoms with Gasteiger partial charge in [-0.15, -0.1) is 0 Å². The number of fused-ring (bicyclic) bond motifs is 2. The Balaban J connectivity index is 1.41. The van der Waals surface area contributed by atoms with Crippen LogP contribution in [0.1, 0.15) is 22.7 Å². The van der Waals surface area contributed by atoms with Crippen molar-refractivity contribution in [1.29, 1.82) is 5.26 Å². The summed E-state index contributed by atoms with van der Waals surface area (Å²) < 4.78 is 5.95. The number of nitrogens with one attached hydrogen (secondary N) is 1. The van der Waals surface area contributed by atoms with E-state index in [-0.39, 0.29) is 5.69 Å². The van der Waals surface area contributed by atoms with Crippen LogP contribution in [0.2, 0.25) is 0 Å². The monoisotopic (exact) mass is 389 g/mol. The summed E-state index contributed by atoms with van der Waals surface area (Å²) in [7, 11) is 0. The Morgan fingerprint density at radius 1 is 0.767 bits per heavy atom. The lowest BCUT2D eigenvalue weighted by molar-refractivity contribution is 0.518. The van der Waals surface area contributed by atoms with Gasteiger partial charge in [0.15, 0.2) is 0 Å². The first-order chi connectivity index (χ1) is 14.8. The molecule has 0 atom stereocenters. The first-order valence-electron chi connectivity index (χ1n) is 9.89. The van der Waals surface area contributed by atoms with Gasteiger partial charge in [-0.05, 0) is 32.7 Å². The van der Waals surface area contributed by atoms with Gasteiger partial charge in [0.1, 0.15) is 6.07 Å². The van der Waals surface area contributed by atoms with Gasteiger partial charge < -0.3 is 9.73 Å². The topological polar surface area (TPSA) is 61.9 Å². The average molecular weight is 389 g/mol. The summed E-state index contributed by atoms with van der Waals surface area (Å²) in [5.74, 6) is 0.948. The minimum Gasteiger partial charge on any atom is -0.423 e. The second kappa shape index (κ2) is 7.73. The van der Waals surface area contributed by atoms with Crippen molar-refractivity contribution in [1.82, 2.24) is 4.98 Å². The molecule has 0 saturated carbocycles. The van der Waals surface area contributed by atoms with Crippen molar-refractivity contribution < 1.29 is 4.42 Å². The molecule has 0 unspecified atom stereocenters. The SMILES string of the molecule is N#Cc1nc(Cc2cccc3ccccc23)oc1NCc1cccc2ccccc12. The molecular weight excluding hydrogens is 370 g/mol. The van der Waals surface area contributed by atoms with E-state index in [2.05, 4.69) is 64.9 Å². The summed E-state index contributed by atoms with van der Waals surface area (Å²) in [5.41, 5.74) is 2.55. The van der Waals surface area contributed by atoms with E-state index in [9.17, 15) is 5.26 Å². The van der Waals surface area contributed by atoms with Crippen molar-refractivity contribution in [2.24, 2.45) is 0 Å². The molecule has 4 heteroatoms. The molecule has 4 nitrogen and oxygen atoms in total. The number of nitriles is 1. The maximum Gasteiger partial charge on any atom is 0.232 e. The highest BCUT2D eigenvalue weighted by Gasteiger charge is 2.14. The fourth-order valence-electron chi connectivity index (χ4n) is 3.87. The molecule has 4 aromatic carbocycles. The van der Waals surface area contributed by atoms with E-state index in [0.717, 1.165) is 11.1 Å². The van der Waals surface area contributed by atoms with Crippen LogP contribution in [0, 0.1) is 11.3 Å². The highest BCUT2D eigenvalue weighted by atomic mass is 16.4. The molecule has 1 heterocycles. The Morgan fingerprint density at radius 3 is 2.07 bits per heavy atom. The second-order valence-electron chi connectivity index (χ2n) is 7.20. The van der Waals surface area contributed by atoms with Gasteiger partial charge in [0.2, 0.25) is 17.5 Å². The lowest BCUT2D eigenvalue weighted by atomic mass is 10.0.